The molecule has 0 aliphatic rings. The fourth-order valence-corrected chi connectivity index (χ4v) is 1.80. The van der Waals surface area contributed by atoms with Gasteiger partial charge >= 0.3 is 0 Å². The van der Waals surface area contributed by atoms with Crippen LogP contribution in [0.5, 0.6) is 5.75 Å². The molecular formula is C12H12N2O2S. The highest BCUT2D eigenvalue weighted by atomic mass is 32.1. The maximum Gasteiger partial charge on any atom is 0.270 e. The highest BCUT2D eigenvalue weighted by Gasteiger charge is 2.05. The van der Waals surface area contributed by atoms with Gasteiger partial charge in [0.05, 0.1) is 12.1 Å². The van der Waals surface area contributed by atoms with Crippen LogP contribution in [0.3, 0.4) is 0 Å². The van der Waals surface area contributed by atoms with Gasteiger partial charge in [-0.05, 0) is 12.1 Å². The summed E-state index contributed by atoms with van der Waals surface area (Å²) in [5, 5.41) is 4.45. The van der Waals surface area contributed by atoms with Gasteiger partial charge in [-0.2, -0.15) is 0 Å². The number of aromatic nitrogens is 1. The minimum absolute atomic E-state index is 0.164. The lowest BCUT2D eigenvalue weighted by atomic mass is 10.3. The van der Waals surface area contributed by atoms with Gasteiger partial charge in [-0.25, -0.2) is 4.98 Å². The molecule has 0 unspecified atom stereocenters. The van der Waals surface area contributed by atoms with Gasteiger partial charge in [0.25, 0.3) is 5.91 Å². The molecule has 1 aromatic heterocycles. The number of benzene rings is 1. The summed E-state index contributed by atoms with van der Waals surface area (Å²) >= 11 is 1.40. The Morgan fingerprint density at radius 3 is 2.88 bits per heavy atom. The molecule has 1 amide bonds. The third kappa shape index (κ3) is 3.57. The summed E-state index contributed by atoms with van der Waals surface area (Å²) in [5.74, 6) is 0.637. The first kappa shape index (κ1) is 11.6. The van der Waals surface area contributed by atoms with Crippen LogP contribution in [0, 0.1) is 0 Å². The minimum Gasteiger partial charge on any atom is -0.492 e. The van der Waals surface area contributed by atoms with Gasteiger partial charge in [0.2, 0.25) is 0 Å². The van der Waals surface area contributed by atoms with Crippen molar-refractivity contribution in [2.24, 2.45) is 0 Å². The second kappa shape index (κ2) is 6.00. The Hall–Kier alpha value is -1.88. The lowest BCUT2D eigenvalue weighted by molar-refractivity contribution is 0.0942. The van der Waals surface area contributed by atoms with Gasteiger partial charge in [0.1, 0.15) is 18.1 Å². The van der Waals surface area contributed by atoms with E-state index in [2.05, 4.69) is 10.3 Å². The van der Waals surface area contributed by atoms with Crippen molar-refractivity contribution in [3.8, 4) is 5.75 Å². The van der Waals surface area contributed by atoms with E-state index in [-0.39, 0.29) is 5.91 Å². The molecule has 0 aliphatic heterocycles. The first-order valence-electron chi connectivity index (χ1n) is 5.20. The van der Waals surface area contributed by atoms with E-state index in [0.717, 1.165) is 5.75 Å². The van der Waals surface area contributed by atoms with E-state index in [4.69, 9.17) is 4.74 Å². The fraction of sp³-hybridized carbons (Fsp3) is 0.167. The SMILES string of the molecule is O=C(NCCOc1ccccc1)c1cscn1. The Bertz CT molecular complexity index is 457. The molecule has 0 atom stereocenters. The Labute approximate surface area is 103 Å². The molecular weight excluding hydrogens is 236 g/mol. The van der Waals surface area contributed by atoms with E-state index in [1.54, 1.807) is 10.9 Å². The summed E-state index contributed by atoms with van der Waals surface area (Å²) < 4.78 is 5.44. The van der Waals surface area contributed by atoms with Crippen molar-refractivity contribution < 1.29 is 9.53 Å². The molecule has 1 aromatic carbocycles. The molecule has 0 radical (unpaired) electrons. The van der Waals surface area contributed by atoms with Crippen LogP contribution < -0.4 is 10.1 Å². The van der Waals surface area contributed by atoms with E-state index < -0.39 is 0 Å². The molecule has 0 saturated heterocycles. The summed E-state index contributed by atoms with van der Waals surface area (Å²) in [4.78, 5) is 15.4. The maximum atomic E-state index is 11.5. The number of hydrogen-bond acceptors (Lipinski definition) is 4. The number of nitrogens with zero attached hydrogens (tertiary/aromatic N) is 1. The molecule has 1 N–H and O–H groups in total. The molecule has 88 valence electrons. The molecule has 0 aliphatic carbocycles. The molecule has 4 nitrogen and oxygen atoms in total. The predicted octanol–water partition coefficient (Wildman–Crippen LogP) is 1.95. The van der Waals surface area contributed by atoms with Gasteiger partial charge in [0, 0.05) is 5.38 Å². The number of thiazole rings is 1. The van der Waals surface area contributed by atoms with Crippen LogP contribution >= 0.6 is 11.3 Å². The van der Waals surface area contributed by atoms with Crippen LogP contribution in [-0.4, -0.2) is 24.0 Å². The van der Waals surface area contributed by atoms with Gasteiger partial charge < -0.3 is 10.1 Å². The van der Waals surface area contributed by atoms with Crippen molar-refractivity contribution in [2.75, 3.05) is 13.2 Å². The molecule has 0 spiro atoms. The Kier molecular flexibility index (Phi) is 4.10. The molecule has 2 rings (SSSR count). The van der Waals surface area contributed by atoms with Crippen LogP contribution in [0.15, 0.2) is 41.2 Å². The summed E-state index contributed by atoms with van der Waals surface area (Å²) in [6, 6.07) is 9.49. The average Bonchev–Trinajstić information content (AvgIpc) is 2.89. The van der Waals surface area contributed by atoms with Crippen LogP contribution in [0.4, 0.5) is 0 Å². The lowest BCUT2D eigenvalue weighted by Crippen LogP contribution is -2.28. The van der Waals surface area contributed by atoms with E-state index in [9.17, 15) is 4.79 Å². The second-order valence-electron chi connectivity index (χ2n) is 3.29. The number of nitrogens with one attached hydrogen (secondary N) is 1. The van der Waals surface area contributed by atoms with Crippen molar-refractivity contribution in [1.82, 2.24) is 10.3 Å². The number of hydrogen-bond donors (Lipinski definition) is 1. The van der Waals surface area contributed by atoms with Gasteiger partial charge in [-0.3, -0.25) is 4.79 Å². The van der Waals surface area contributed by atoms with Crippen molar-refractivity contribution in [2.45, 2.75) is 0 Å². The normalized spacial score (nSPS) is 9.88. The summed E-state index contributed by atoms with van der Waals surface area (Å²) in [6.45, 7) is 0.908. The topological polar surface area (TPSA) is 51.2 Å². The molecule has 0 bridgehead atoms. The zero-order chi connectivity index (χ0) is 11.9. The van der Waals surface area contributed by atoms with E-state index in [1.165, 1.54) is 11.3 Å². The third-order valence-corrected chi connectivity index (χ3v) is 2.65. The van der Waals surface area contributed by atoms with E-state index >= 15 is 0 Å². The molecule has 0 fully saturated rings. The standard InChI is InChI=1S/C12H12N2O2S/c15-12(11-8-17-9-14-11)13-6-7-16-10-4-2-1-3-5-10/h1-5,8-9H,6-7H2,(H,13,15). The van der Waals surface area contributed by atoms with Gasteiger partial charge in [0.15, 0.2) is 0 Å². The third-order valence-electron chi connectivity index (χ3n) is 2.06. The van der Waals surface area contributed by atoms with Crippen LogP contribution in [0.1, 0.15) is 10.5 Å². The lowest BCUT2D eigenvalue weighted by Gasteiger charge is -2.06. The molecule has 5 heteroatoms. The first-order valence-corrected chi connectivity index (χ1v) is 6.15. The molecule has 1 heterocycles. The summed E-state index contributed by atoms with van der Waals surface area (Å²) in [6.07, 6.45) is 0. The van der Waals surface area contributed by atoms with Crippen molar-refractivity contribution in [1.29, 1.82) is 0 Å². The highest BCUT2D eigenvalue weighted by molar-refractivity contribution is 7.07. The molecule has 17 heavy (non-hydrogen) atoms. The Morgan fingerprint density at radius 2 is 2.18 bits per heavy atom. The zero-order valence-electron chi connectivity index (χ0n) is 9.13. The fourth-order valence-electron chi connectivity index (χ4n) is 1.27. The van der Waals surface area contributed by atoms with Crippen LogP contribution in [0.25, 0.3) is 0 Å². The zero-order valence-corrected chi connectivity index (χ0v) is 9.94. The monoisotopic (exact) mass is 248 g/mol. The smallest absolute Gasteiger partial charge is 0.270 e. The Balaban J connectivity index is 1.69. The largest absolute Gasteiger partial charge is 0.492 e. The Morgan fingerprint density at radius 1 is 1.35 bits per heavy atom. The van der Waals surface area contributed by atoms with Crippen LogP contribution in [0.2, 0.25) is 0 Å². The highest BCUT2D eigenvalue weighted by Crippen LogP contribution is 2.07. The van der Waals surface area contributed by atoms with Crippen molar-refractivity contribution in [3.05, 3.63) is 46.9 Å². The van der Waals surface area contributed by atoms with Gasteiger partial charge in [-0.15, -0.1) is 11.3 Å². The number of carbonyl (C=O) groups excluding carboxylic acids is 1. The van der Waals surface area contributed by atoms with E-state index in [0.29, 0.717) is 18.8 Å². The summed E-state index contributed by atoms with van der Waals surface area (Å²) in [7, 11) is 0. The summed E-state index contributed by atoms with van der Waals surface area (Å²) in [5.41, 5.74) is 2.09. The molecule has 0 saturated carbocycles. The number of carbonyl (C=O) groups is 1. The van der Waals surface area contributed by atoms with Crippen molar-refractivity contribution in [3.63, 3.8) is 0 Å². The van der Waals surface area contributed by atoms with Gasteiger partial charge in [-0.1, -0.05) is 18.2 Å². The first-order chi connectivity index (χ1) is 8.36. The number of ether oxygens (including phenoxy) is 1. The number of rotatable bonds is 5. The maximum absolute atomic E-state index is 11.5. The van der Waals surface area contributed by atoms with Crippen LogP contribution in [-0.2, 0) is 0 Å². The number of para-hydroxylation sites is 1. The van der Waals surface area contributed by atoms with Crippen molar-refractivity contribution >= 4 is 17.2 Å². The second-order valence-corrected chi connectivity index (χ2v) is 4.01. The average molecular weight is 248 g/mol. The predicted molar refractivity (Wildman–Crippen MR) is 66.4 cm³/mol. The minimum atomic E-state index is -0.164. The number of amides is 1. The van der Waals surface area contributed by atoms with E-state index in [1.807, 2.05) is 30.3 Å². The quantitative estimate of drug-likeness (QED) is 0.823. The molecule has 2 aromatic rings.